The van der Waals surface area contributed by atoms with E-state index in [0.717, 1.165) is 0 Å². The molecule has 14 heteroatoms. The molecule has 0 heterocycles. The van der Waals surface area contributed by atoms with Gasteiger partial charge in [0.2, 0.25) is 29.5 Å². The lowest BCUT2D eigenvalue weighted by atomic mass is 9.95. The van der Waals surface area contributed by atoms with Crippen LogP contribution in [0.5, 0.6) is 0 Å². The molecule has 0 spiro atoms. The molecule has 0 saturated heterocycles. The molecule has 2 unspecified atom stereocenters. The lowest BCUT2D eigenvalue weighted by Crippen LogP contribution is -2.59. The predicted molar refractivity (Wildman–Crippen MR) is 168 cm³/mol. The van der Waals surface area contributed by atoms with Crippen LogP contribution in [-0.2, 0) is 28.8 Å². The molecular weight excluding hydrogens is 586 g/mol. The van der Waals surface area contributed by atoms with E-state index in [1.165, 1.54) is 13.8 Å². The number of hydrogen-bond donors (Lipinski definition) is 8. The standard InChI is InChI=1S/C31H57N5O9/c1-15(2)11-21(35-30(44)28(18(7)8)36-31(45)27(17(5)6)33-20(10)37)23(38)13-25(40)32-19(9)29(43)34-22(12-16(3)4)24(39)14-26(41)42/h15-19,21-24,27-28,38-39H,11-14H2,1-10H3,(H,32,40)(H,33,37)(H,34,43)(H,35,44)(H,36,45)(H,41,42)/t19-,21-,22-,23?,24?,27-,28-/m0/s1. The van der Waals surface area contributed by atoms with Crippen LogP contribution in [0.15, 0.2) is 0 Å². The summed E-state index contributed by atoms with van der Waals surface area (Å²) in [5.74, 6) is -4.48. The van der Waals surface area contributed by atoms with Crippen LogP contribution in [0.3, 0.4) is 0 Å². The minimum atomic E-state index is -1.33. The van der Waals surface area contributed by atoms with E-state index in [9.17, 15) is 39.0 Å². The van der Waals surface area contributed by atoms with Gasteiger partial charge < -0.3 is 41.9 Å². The minimum Gasteiger partial charge on any atom is -0.481 e. The fourth-order valence-electron chi connectivity index (χ4n) is 4.77. The predicted octanol–water partition coefficient (Wildman–Crippen LogP) is 0.441. The van der Waals surface area contributed by atoms with Crippen molar-refractivity contribution >= 4 is 35.5 Å². The third-order valence-corrected chi connectivity index (χ3v) is 7.14. The Morgan fingerprint density at radius 1 is 0.556 bits per heavy atom. The summed E-state index contributed by atoms with van der Waals surface area (Å²) in [5.41, 5.74) is 0. The Bertz CT molecular complexity index is 1000. The normalized spacial score (nSPS) is 16.3. The number of nitrogens with one attached hydrogen (secondary N) is 5. The van der Waals surface area contributed by atoms with E-state index in [2.05, 4.69) is 26.6 Å². The van der Waals surface area contributed by atoms with Crippen molar-refractivity contribution in [2.75, 3.05) is 0 Å². The van der Waals surface area contributed by atoms with Crippen molar-refractivity contribution in [3.05, 3.63) is 0 Å². The minimum absolute atomic E-state index is 0.0185. The van der Waals surface area contributed by atoms with Crippen LogP contribution in [-0.4, -0.2) is 93.2 Å². The quantitative estimate of drug-likeness (QED) is 0.0920. The zero-order valence-electron chi connectivity index (χ0n) is 28.5. The maximum absolute atomic E-state index is 13.3. The number of aliphatic carboxylic acids is 1. The molecule has 260 valence electrons. The summed E-state index contributed by atoms with van der Waals surface area (Å²) in [6.07, 6.45) is -3.01. The largest absolute Gasteiger partial charge is 0.481 e. The Morgan fingerprint density at radius 3 is 1.36 bits per heavy atom. The van der Waals surface area contributed by atoms with Gasteiger partial charge in [-0.1, -0.05) is 55.4 Å². The Balaban J connectivity index is 5.54. The van der Waals surface area contributed by atoms with Crippen LogP contribution in [0.2, 0.25) is 0 Å². The Kier molecular flexibility index (Phi) is 18.5. The first-order chi connectivity index (χ1) is 20.7. The van der Waals surface area contributed by atoms with Gasteiger partial charge in [0.05, 0.1) is 37.1 Å². The van der Waals surface area contributed by atoms with Crippen molar-refractivity contribution in [1.82, 2.24) is 26.6 Å². The van der Waals surface area contributed by atoms with E-state index >= 15 is 0 Å². The number of carboxylic acid groups (broad SMARTS) is 1. The summed E-state index contributed by atoms with van der Waals surface area (Å²) in [5, 5.41) is 43.5. The second-order valence-corrected chi connectivity index (χ2v) is 13.4. The van der Waals surface area contributed by atoms with Gasteiger partial charge in [-0.25, -0.2) is 0 Å². The number of aliphatic hydroxyl groups excluding tert-OH is 2. The average molecular weight is 644 g/mol. The molecule has 0 aromatic heterocycles. The van der Waals surface area contributed by atoms with Gasteiger partial charge in [0.1, 0.15) is 18.1 Å². The molecule has 0 radical (unpaired) electrons. The van der Waals surface area contributed by atoms with Gasteiger partial charge >= 0.3 is 5.97 Å². The first-order valence-corrected chi connectivity index (χ1v) is 15.7. The molecule has 0 aliphatic carbocycles. The fourth-order valence-corrected chi connectivity index (χ4v) is 4.77. The first kappa shape index (κ1) is 41.7. The number of carboxylic acids is 1. The van der Waals surface area contributed by atoms with Crippen molar-refractivity contribution in [2.45, 2.75) is 137 Å². The van der Waals surface area contributed by atoms with Crippen molar-refractivity contribution in [3.8, 4) is 0 Å². The van der Waals surface area contributed by atoms with E-state index in [1.54, 1.807) is 27.7 Å². The molecule has 0 aromatic carbocycles. The first-order valence-electron chi connectivity index (χ1n) is 15.7. The number of carbonyl (C=O) groups excluding carboxylic acids is 5. The Labute approximate surface area is 267 Å². The molecule has 0 aliphatic heterocycles. The highest BCUT2D eigenvalue weighted by Gasteiger charge is 2.33. The number of rotatable bonds is 20. The second-order valence-electron chi connectivity index (χ2n) is 13.4. The summed E-state index contributed by atoms with van der Waals surface area (Å²) in [6, 6.07) is -4.59. The highest BCUT2D eigenvalue weighted by Crippen LogP contribution is 2.14. The van der Waals surface area contributed by atoms with E-state index in [0.29, 0.717) is 12.8 Å². The fraction of sp³-hybridized carbons (Fsp3) is 0.806. The molecule has 0 aromatic rings. The molecule has 0 aliphatic rings. The van der Waals surface area contributed by atoms with Crippen molar-refractivity contribution < 1.29 is 44.1 Å². The van der Waals surface area contributed by atoms with Crippen LogP contribution in [0.1, 0.15) is 94.9 Å². The summed E-state index contributed by atoms with van der Waals surface area (Å²) in [4.78, 5) is 74.6. The van der Waals surface area contributed by atoms with Gasteiger partial charge in [0.25, 0.3) is 0 Å². The molecule has 14 nitrogen and oxygen atoms in total. The third-order valence-electron chi connectivity index (χ3n) is 7.14. The second kappa shape index (κ2) is 20.0. The maximum atomic E-state index is 13.3. The smallest absolute Gasteiger partial charge is 0.306 e. The van der Waals surface area contributed by atoms with Crippen LogP contribution < -0.4 is 26.6 Å². The maximum Gasteiger partial charge on any atom is 0.306 e. The van der Waals surface area contributed by atoms with E-state index in [4.69, 9.17) is 5.11 Å². The topological polar surface area (TPSA) is 223 Å². The van der Waals surface area contributed by atoms with Crippen LogP contribution in [0, 0.1) is 23.7 Å². The van der Waals surface area contributed by atoms with Crippen molar-refractivity contribution in [3.63, 3.8) is 0 Å². The zero-order valence-corrected chi connectivity index (χ0v) is 28.5. The van der Waals surface area contributed by atoms with E-state index in [1.807, 2.05) is 27.7 Å². The van der Waals surface area contributed by atoms with Crippen molar-refractivity contribution in [1.29, 1.82) is 0 Å². The summed E-state index contributed by atoms with van der Waals surface area (Å²) in [6.45, 7) is 17.2. The van der Waals surface area contributed by atoms with Gasteiger partial charge in [0.15, 0.2) is 0 Å². The number of amides is 5. The lowest BCUT2D eigenvalue weighted by Gasteiger charge is -2.31. The molecule has 0 fully saturated rings. The number of aliphatic hydroxyl groups is 2. The SMILES string of the molecule is CC(=O)N[C@H](C(=O)N[C@H](C(=O)N[C@@H](CC(C)C)C(O)CC(=O)N[C@@H](C)C(=O)N[C@@H](CC(C)C)C(O)CC(=O)O)C(C)C)C(C)C. The molecule has 7 atom stereocenters. The molecule has 8 N–H and O–H groups in total. The summed E-state index contributed by atoms with van der Waals surface area (Å²) in [7, 11) is 0. The van der Waals surface area contributed by atoms with Gasteiger partial charge in [-0.2, -0.15) is 0 Å². The van der Waals surface area contributed by atoms with E-state index in [-0.39, 0.29) is 29.6 Å². The summed E-state index contributed by atoms with van der Waals surface area (Å²) < 4.78 is 0. The van der Waals surface area contributed by atoms with Crippen LogP contribution in [0.25, 0.3) is 0 Å². The highest BCUT2D eigenvalue weighted by molar-refractivity contribution is 5.92. The molecule has 0 bridgehead atoms. The molecule has 5 amide bonds. The lowest BCUT2D eigenvalue weighted by molar-refractivity contribution is -0.140. The number of hydrogen-bond acceptors (Lipinski definition) is 8. The van der Waals surface area contributed by atoms with Crippen molar-refractivity contribution in [2.24, 2.45) is 23.7 Å². The van der Waals surface area contributed by atoms with Crippen LogP contribution >= 0.6 is 0 Å². The summed E-state index contributed by atoms with van der Waals surface area (Å²) >= 11 is 0. The van der Waals surface area contributed by atoms with Crippen LogP contribution in [0.4, 0.5) is 0 Å². The Hall–Kier alpha value is -3.26. The molecular formula is C31H57N5O9. The van der Waals surface area contributed by atoms with Gasteiger partial charge in [0, 0.05) is 6.92 Å². The monoisotopic (exact) mass is 643 g/mol. The molecule has 45 heavy (non-hydrogen) atoms. The number of carbonyl (C=O) groups is 6. The zero-order chi connectivity index (χ0) is 35.2. The molecule has 0 rings (SSSR count). The van der Waals surface area contributed by atoms with Gasteiger partial charge in [-0.05, 0) is 43.4 Å². The highest BCUT2D eigenvalue weighted by atomic mass is 16.4. The molecule has 0 saturated carbocycles. The average Bonchev–Trinajstić information content (AvgIpc) is 2.87. The Morgan fingerprint density at radius 2 is 0.956 bits per heavy atom. The third kappa shape index (κ3) is 16.6. The van der Waals surface area contributed by atoms with Gasteiger partial charge in [-0.15, -0.1) is 0 Å². The van der Waals surface area contributed by atoms with Gasteiger partial charge in [-0.3, -0.25) is 28.8 Å². The van der Waals surface area contributed by atoms with E-state index < -0.39 is 84.9 Å².